The molecule has 3 rings (SSSR count). The zero-order valence-corrected chi connectivity index (χ0v) is 16.4. The Morgan fingerprint density at radius 3 is 2.90 bits per heavy atom. The predicted molar refractivity (Wildman–Crippen MR) is 106 cm³/mol. The third-order valence-electron chi connectivity index (χ3n) is 5.21. The Morgan fingerprint density at radius 1 is 1.50 bits per heavy atom. The molecule has 2 amide bonds. The van der Waals surface area contributed by atoms with Gasteiger partial charge in [0, 0.05) is 30.3 Å². The van der Waals surface area contributed by atoms with Crippen molar-refractivity contribution in [2.24, 2.45) is 11.1 Å². The van der Waals surface area contributed by atoms with Gasteiger partial charge in [0.2, 0.25) is 0 Å². The number of alkyl carbamates (subject to hydrolysis) is 1. The molecule has 0 bridgehead atoms. The number of β-lactam (4-membered cyclic amide) rings is 1. The van der Waals surface area contributed by atoms with Crippen LogP contribution in [0.4, 0.5) is 4.79 Å². The quantitative estimate of drug-likeness (QED) is 0.183. The van der Waals surface area contributed by atoms with Crippen LogP contribution in [0.25, 0.3) is 6.08 Å². The van der Waals surface area contributed by atoms with Gasteiger partial charge in [-0.15, -0.1) is 0 Å². The van der Waals surface area contributed by atoms with Crippen molar-refractivity contribution in [2.75, 3.05) is 19.7 Å². The number of amides is 2. The van der Waals surface area contributed by atoms with Gasteiger partial charge in [-0.25, -0.2) is 9.59 Å². The molecule has 0 spiro atoms. The van der Waals surface area contributed by atoms with Crippen LogP contribution in [0.3, 0.4) is 0 Å². The number of carbonyl (C=O) groups is 3. The summed E-state index contributed by atoms with van der Waals surface area (Å²) in [7, 11) is 0. The number of ether oxygens (including phenoxy) is 1. The van der Waals surface area contributed by atoms with Crippen LogP contribution in [-0.2, 0) is 14.3 Å². The van der Waals surface area contributed by atoms with Gasteiger partial charge in [0.15, 0.2) is 5.96 Å². The zero-order chi connectivity index (χ0) is 21.9. The Kier molecular flexibility index (Phi) is 6.01. The maximum Gasteiger partial charge on any atom is 0.413 e. The first-order valence-corrected chi connectivity index (χ1v) is 9.41. The molecule has 30 heavy (non-hydrogen) atoms. The number of carboxylic acid groups (broad SMARTS) is 1. The van der Waals surface area contributed by atoms with Crippen molar-refractivity contribution in [3.05, 3.63) is 35.7 Å². The topological polar surface area (TPSA) is 171 Å². The summed E-state index contributed by atoms with van der Waals surface area (Å²) in [6.45, 7) is 2.04. The van der Waals surface area contributed by atoms with E-state index < -0.39 is 23.5 Å². The Balaban J connectivity index is 1.70. The number of nitrogens with one attached hydrogen (secondary N) is 3. The molecule has 160 valence electrons. The molecule has 3 heterocycles. The van der Waals surface area contributed by atoms with E-state index in [1.807, 2.05) is 0 Å². The van der Waals surface area contributed by atoms with Crippen molar-refractivity contribution in [1.82, 2.24) is 20.5 Å². The first-order valence-electron chi connectivity index (χ1n) is 9.41. The molecule has 2 fully saturated rings. The van der Waals surface area contributed by atoms with Crippen LogP contribution in [0.15, 0.2) is 30.0 Å². The molecule has 3 atom stereocenters. The number of hydrogen-bond acceptors (Lipinski definition) is 7. The number of pyridine rings is 1. The largest absolute Gasteiger partial charge is 0.480 e. The molecular weight excluding hydrogens is 392 g/mol. The fraction of sp³-hybridized carbons (Fsp3) is 0.421. The van der Waals surface area contributed by atoms with E-state index in [4.69, 9.17) is 15.9 Å². The smallest absolute Gasteiger partial charge is 0.413 e. The monoisotopic (exact) mass is 416 g/mol. The molecule has 0 aromatic carbocycles. The second kappa shape index (κ2) is 8.49. The van der Waals surface area contributed by atoms with Crippen molar-refractivity contribution >= 4 is 30.0 Å². The Bertz CT molecular complexity index is 889. The Hall–Kier alpha value is -3.47. The highest BCUT2D eigenvalue weighted by atomic mass is 16.5. The van der Waals surface area contributed by atoms with Gasteiger partial charge < -0.3 is 25.8 Å². The Morgan fingerprint density at radius 2 is 2.27 bits per heavy atom. The third-order valence-corrected chi connectivity index (χ3v) is 5.21. The average molecular weight is 416 g/mol. The van der Waals surface area contributed by atoms with Crippen molar-refractivity contribution in [3.8, 4) is 0 Å². The van der Waals surface area contributed by atoms with E-state index in [-0.39, 0.29) is 31.1 Å². The molecular formula is C19H24N6O5. The summed E-state index contributed by atoms with van der Waals surface area (Å²) in [6, 6.07) is 3.80. The molecule has 0 aliphatic carbocycles. The number of carbonyl (C=O) groups excluding carboxylic acids is 2. The van der Waals surface area contributed by atoms with Crippen LogP contribution in [0.5, 0.6) is 0 Å². The molecule has 2 aliphatic heterocycles. The van der Waals surface area contributed by atoms with E-state index in [0.29, 0.717) is 24.2 Å². The molecule has 11 nitrogen and oxygen atoms in total. The number of aliphatic carboxylic acids is 1. The Labute approximate surface area is 172 Å². The maximum atomic E-state index is 12.6. The normalized spacial score (nSPS) is 26.0. The van der Waals surface area contributed by atoms with E-state index in [0.717, 1.165) is 0 Å². The lowest BCUT2D eigenvalue weighted by Gasteiger charge is -2.40. The molecule has 1 aromatic rings. The van der Waals surface area contributed by atoms with Crippen LogP contribution >= 0.6 is 0 Å². The lowest BCUT2D eigenvalue weighted by atomic mass is 9.81. The minimum Gasteiger partial charge on any atom is -0.480 e. The minimum absolute atomic E-state index is 0.225. The van der Waals surface area contributed by atoms with Crippen molar-refractivity contribution in [2.45, 2.75) is 25.4 Å². The van der Waals surface area contributed by atoms with Crippen molar-refractivity contribution in [3.63, 3.8) is 0 Å². The van der Waals surface area contributed by atoms with Crippen LogP contribution in [0.1, 0.15) is 19.0 Å². The molecule has 0 saturated carbocycles. The highest BCUT2D eigenvalue weighted by molar-refractivity contribution is 6.08. The molecule has 11 heteroatoms. The summed E-state index contributed by atoms with van der Waals surface area (Å²) in [4.78, 5) is 42.0. The van der Waals surface area contributed by atoms with Gasteiger partial charge >= 0.3 is 12.1 Å². The molecule has 1 aromatic heterocycles. The zero-order valence-electron chi connectivity index (χ0n) is 16.4. The summed E-state index contributed by atoms with van der Waals surface area (Å²) in [5.74, 6) is -1.79. The number of hydrogen-bond donors (Lipinski definition) is 5. The fourth-order valence-corrected chi connectivity index (χ4v) is 3.85. The number of rotatable bonds is 6. The van der Waals surface area contributed by atoms with E-state index in [2.05, 4.69) is 15.6 Å². The third kappa shape index (κ3) is 4.10. The molecule has 0 radical (unpaired) electrons. The molecule has 1 unspecified atom stereocenters. The van der Waals surface area contributed by atoms with Gasteiger partial charge in [0.25, 0.3) is 5.91 Å². The van der Waals surface area contributed by atoms with Gasteiger partial charge in [0.05, 0.1) is 11.7 Å². The van der Waals surface area contributed by atoms with E-state index in [1.165, 1.54) is 4.90 Å². The first-order chi connectivity index (χ1) is 14.3. The second-order valence-corrected chi connectivity index (χ2v) is 7.47. The van der Waals surface area contributed by atoms with Gasteiger partial charge in [0.1, 0.15) is 12.6 Å². The summed E-state index contributed by atoms with van der Waals surface area (Å²) >= 11 is 0. The summed E-state index contributed by atoms with van der Waals surface area (Å²) < 4.78 is 5.18. The summed E-state index contributed by atoms with van der Waals surface area (Å²) in [5.41, 5.74) is 5.42. The summed E-state index contributed by atoms with van der Waals surface area (Å²) in [6.07, 6.45) is 2.70. The van der Waals surface area contributed by atoms with E-state index >= 15 is 0 Å². The molecule has 6 N–H and O–H groups in total. The average Bonchev–Trinajstić information content (AvgIpc) is 3.00. The van der Waals surface area contributed by atoms with Crippen LogP contribution in [0, 0.1) is 10.8 Å². The van der Waals surface area contributed by atoms with Gasteiger partial charge in [-0.1, -0.05) is 13.0 Å². The fourth-order valence-electron chi connectivity index (χ4n) is 3.85. The van der Waals surface area contributed by atoms with Crippen molar-refractivity contribution in [1.29, 1.82) is 5.41 Å². The summed E-state index contributed by atoms with van der Waals surface area (Å²) in [5, 5.41) is 22.1. The SMILES string of the molecule is C[C@@]1(COC(=O)NC(=N)NCCN)CC2/C(=C\c3ccccn3)C(=O)N2[C@H]1C(=O)O. The standard InChI is InChI=1S/C19H24N6O5/c1-19(10-30-18(29)24-17(21)23-7-5-20)9-13-12(8-11-4-2-3-6-22-11)15(26)25(13)14(19)16(27)28/h2-4,6,8,13-14H,5,7,9-10,20H2,1H3,(H,27,28)(H3,21,23,24,29)/b12-8+/t13?,14-,19-/m0/s1. The van der Waals surface area contributed by atoms with E-state index in [9.17, 15) is 19.5 Å². The highest BCUT2D eigenvalue weighted by Gasteiger charge is 2.62. The highest BCUT2D eigenvalue weighted by Crippen LogP contribution is 2.49. The lowest BCUT2D eigenvalue weighted by molar-refractivity contribution is -0.155. The maximum absolute atomic E-state index is 12.6. The van der Waals surface area contributed by atoms with E-state index in [1.54, 1.807) is 37.4 Å². The molecule has 2 saturated heterocycles. The first kappa shape index (κ1) is 21.2. The number of nitrogens with zero attached hydrogens (tertiary/aromatic N) is 2. The second-order valence-electron chi connectivity index (χ2n) is 7.47. The van der Waals surface area contributed by atoms with Crippen molar-refractivity contribution < 1.29 is 24.2 Å². The number of nitrogens with two attached hydrogens (primary N) is 1. The van der Waals surface area contributed by atoms with Gasteiger partial charge in [-0.2, -0.15) is 0 Å². The van der Waals surface area contributed by atoms with Crippen LogP contribution in [-0.4, -0.2) is 70.7 Å². The molecule has 2 aliphatic rings. The predicted octanol–water partition coefficient (Wildman–Crippen LogP) is -0.252. The van der Waals surface area contributed by atoms with Gasteiger partial charge in [-0.3, -0.25) is 20.5 Å². The number of aromatic nitrogens is 1. The number of guanidine groups is 1. The number of carboxylic acids is 1. The van der Waals surface area contributed by atoms with Gasteiger partial charge in [-0.05, 0) is 24.6 Å². The lowest BCUT2D eigenvalue weighted by Crippen LogP contribution is -2.58. The van der Waals surface area contributed by atoms with Crippen LogP contribution < -0.4 is 16.4 Å². The minimum atomic E-state index is -1.16. The van der Waals surface area contributed by atoms with Crippen LogP contribution in [0.2, 0.25) is 0 Å². The number of fused-ring (bicyclic) bond motifs is 1.